The highest BCUT2D eigenvalue weighted by molar-refractivity contribution is 6.36. The quantitative estimate of drug-likeness (QED) is 0.879. The topological polar surface area (TPSA) is 29.1 Å². The van der Waals surface area contributed by atoms with E-state index >= 15 is 0 Å². The van der Waals surface area contributed by atoms with Gasteiger partial charge in [0, 0.05) is 22.5 Å². The zero-order valence-electron chi connectivity index (χ0n) is 8.80. The summed E-state index contributed by atoms with van der Waals surface area (Å²) in [6.07, 6.45) is 2.67. The van der Waals surface area contributed by atoms with Crippen LogP contribution in [-0.2, 0) is 11.2 Å². The van der Waals surface area contributed by atoms with Crippen LogP contribution in [0.15, 0.2) is 18.2 Å². The smallest absolute Gasteiger partial charge is 0.151 e. The molecule has 1 saturated carbocycles. The largest absolute Gasteiger partial charge is 0.307 e. The molecule has 0 radical (unpaired) electrons. The molecule has 1 aromatic carbocycles. The van der Waals surface area contributed by atoms with Gasteiger partial charge in [-0.25, -0.2) is 0 Å². The SMILES string of the molecule is O=C(CNC1CC1)Cc1c(Cl)cccc1Cl. The molecule has 2 rings (SSSR count). The molecule has 0 spiro atoms. The van der Waals surface area contributed by atoms with Gasteiger partial charge in [-0.05, 0) is 30.5 Å². The van der Waals surface area contributed by atoms with E-state index in [1.165, 1.54) is 12.8 Å². The lowest BCUT2D eigenvalue weighted by Gasteiger charge is -2.06. The molecule has 1 N–H and O–H groups in total. The average Bonchev–Trinajstić information content (AvgIpc) is 3.04. The molecule has 1 fully saturated rings. The van der Waals surface area contributed by atoms with Gasteiger partial charge < -0.3 is 5.32 Å². The first-order valence-corrected chi connectivity index (χ1v) is 6.10. The lowest BCUT2D eigenvalue weighted by molar-refractivity contribution is -0.117. The van der Waals surface area contributed by atoms with Crippen LogP contribution in [-0.4, -0.2) is 18.4 Å². The summed E-state index contributed by atoms with van der Waals surface area (Å²) in [5, 5.41) is 4.30. The molecule has 4 heteroatoms. The molecule has 0 saturated heterocycles. The molecule has 0 aliphatic heterocycles. The summed E-state index contributed by atoms with van der Waals surface area (Å²) in [7, 11) is 0. The number of hydrogen-bond acceptors (Lipinski definition) is 2. The maximum atomic E-state index is 11.7. The van der Waals surface area contributed by atoms with Crippen LogP contribution in [0.5, 0.6) is 0 Å². The van der Waals surface area contributed by atoms with Crippen LogP contribution in [0.1, 0.15) is 18.4 Å². The Morgan fingerprint density at radius 1 is 1.31 bits per heavy atom. The van der Waals surface area contributed by atoms with Crippen molar-refractivity contribution < 1.29 is 4.79 Å². The normalized spacial score (nSPS) is 15.1. The lowest BCUT2D eigenvalue weighted by Crippen LogP contribution is -2.26. The fraction of sp³-hybridized carbons (Fsp3) is 0.417. The van der Waals surface area contributed by atoms with Gasteiger partial charge in [-0.15, -0.1) is 0 Å². The van der Waals surface area contributed by atoms with E-state index in [1.54, 1.807) is 18.2 Å². The minimum atomic E-state index is 0.127. The Balaban J connectivity index is 1.93. The first-order chi connectivity index (χ1) is 7.66. The number of Topliss-reactive ketones (excluding diaryl/α,β-unsaturated/α-hetero) is 1. The van der Waals surface area contributed by atoms with E-state index in [0.29, 0.717) is 29.1 Å². The number of ketones is 1. The number of halogens is 2. The third-order valence-corrected chi connectivity index (χ3v) is 3.31. The molecule has 0 atom stereocenters. The highest BCUT2D eigenvalue weighted by atomic mass is 35.5. The third-order valence-electron chi connectivity index (χ3n) is 2.60. The summed E-state index contributed by atoms with van der Waals surface area (Å²) in [6.45, 7) is 0.409. The zero-order valence-corrected chi connectivity index (χ0v) is 10.3. The molecule has 0 unspecified atom stereocenters. The van der Waals surface area contributed by atoms with Crippen LogP contribution in [0.4, 0.5) is 0 Å². The number of carbonyl (C=O) groups excluding carboxylic acids is 1. The van der Waals surface area contributed by atoms with Gasteiger partial charge in [0.2, 0.25) is 0 Å². The first kappa shape index (κ1) is 11.9. The fourth-order valence-electron chi connectivity index (χ4n) is 1.51. The van der Waals surface area contributed by atoms with E-state index in [0.717, 1.165) is 5.56 Å². The summed E-state index contributed by atoms with van der Waals surface area (Å²) in [4.78, 5) is 11.7. The summed E-state index contributed by atoms with van der Waals surface area (Å²) in [5.74, 6) is 0.127. The Morgan fingerprint density at radius 2 is 1.94 bits per heavy atom. The minimum absolute atomic E-state index is 0.127. The monoisotopic (exact) mass is 257 g/mol. The van der Waals surface area contributed by atoms with E-state index in [4.69, 9.17) is 23.2 Å². The van der Waals surface area contributed by atoms with Crippen LogP contribution >= 0.6 is 23.2 Å². The summed E-state index contributed by atoms with van der Waals surface area (Å²) in [6, 6.07) is 5.83. The molecule has 1 aromatic rings. The van der Waals surface area contributed by atoms with Gasteiger partial charge >= 0.3 is 0 Å². The Bertz CT molecular complexity index is 382. The van der Waals surface area contributed by atoms with Crippen molar-refractivity contribution >= 4 is 29.0 Å². The predicted octanol–water partition coefficient (Wildman–Crippen LogP) is 2.86. The average molecular weight is 258 g/mol. The molecule has 16 heavy (non-hydrogen) atoms. The molecule has 0 bridgehead atoms. The Kier molecular flexibility index (Phi) is 3.85. The molecule has 1 aliphatic carbocycles. The maximum absolute atomic E-state index is 11.7. The van der Waals surface area contributed by atoms with Crippen molar-refractivity contribution in [3.63, 3.8) is 0 Å². The third kappa shape index (κ3) is 3.21. The molecule has 2 nitrogen and oxygen atoms in total. The summed E-state index contributed by atoms with van der Waals surface area (Å²) >= 11 is 12.0. The van der Waals surface area contributed by atoms with Crippen molar-refractivity contribution in [1.29, 1.82) is 0 Å². The van der Waals surface area contributed by atoms with Crippen molar-refractivity contribution in [3.05, 3.63) is 33.8 Å². The van der Waals surface area contributed by atoms with E-state index in [-0.39, 0.29) is 5.78 Å². The molecule has 0 aromatic heterocycles. The maximum Gasteiger partial charge on any atom is 0.151 e. The van der Waals surface area contributed by atoms with E-state index in [2.05, 4.69) is 5.32 Å². The zero-order chi connectivity index (χ0) is 11.5. The van der Waals surface area contributed by atoms with Gasteiger partial charge in [0.1, 0.15) is 0 Å². The van der Waals surface area contributed by atoms with Gasteiger partial charge in [-0.2, -0.15) is 0 Å². The number of rotatable bonds is 5. The second-order valence-corrected chi connectivity index (χ2v) is 4.89. The van der Waals surface area contributed by atoms with Gasteiger partial charge in [-0.1, -0.05) is 29.3 Å². The molecule has 0 amide bonds. The van der Waals surface area contributed by atoms with Gasteiger partial charge in [-0.3, -0.25) is 4.79 Å². The second kappa shape index (κ2) is 5.17. The molecule has 86 valence electrons. The number of carbonyl (C=O) groups is 1. The fourth-order valence-corrected chi connectivity index (χ4v) is 2.04. The highest BCUT2D eigenvalue weighted by Crippen LogP contribution is 2.25. The van der Waals surface area contributed by atoms with Crippen molar-refractivity contribution in [2.75, 3.05) is 6.54 Å². The van der Waals surface area contributed by atoms with Crippen molar-refractivity contribution in [1.82, 2.24) is 5.32 Å². The van der Waals surface area contributed by atoms with Gasteiger partial charge in [0.15, 0.2) is 5.78 Å². The van der Waals surface area contributed by atoms with Crippen LogP contribution in [0.25, 0.3) is 0 Å². The molecular weight excluding hydrogens is 245 g/mol. The first-order valence-electron chi connectivity index (χ1n) is 5.35. The minimum Gasteiger partial charge on any atom is -0.307 e. The Hall–Kier alpha value is -0.570. The molecule has 1 aliphatic rings. The predicted molar refractivity (Wildman–Crippen MR) is 66.2 cm³/mol. The van der Waals surface area contributed by atoms with E-state index in [1.807, 2.05) is 0 Å². The lowest BCUT2D eigenvalue weighted by atomic mass is 10.1. The van der Waals surface area contributed by atoms with E-state index < -0.39 is 0 Å². The van der Waals surface area contributed by atoms with E-state index in [9.17, 15) is 4.79 Å². The van der Waals surface area contributed by atoms with Crippen LogP contribution in [0.2, 0.25) is 10.0 Å². The van der Waals surface area contributed by atoms with Crippen molar-refractivity contribution in [2.24, 2.45) is 0 Å². The van der Waals surface area contributed by atoms with Crippen LogP contribution in [0, 0.1) is 0 Å². The standard InChI is InChI=1S/C12H13Cl2NO/c13-11-2-1-3-12(14)10(11)6-9(16)7-15-8-4-5-8/h1-3,8,15H,4-7H2. The number of nitrogens with one attached hydrogen (secondary N) is 1. The summed E-state index contributed by atoms with van der Waals surface area (Å²) < 4.78 is 0. The Labute approximate surface area is 105 Å². The van der Waals surface area contributed by atoms with Gasteiger partial charge in [0.05, 0.1) is 6.54 Å². The molecule has 0 heterocycles. The van der Waals surface area contributed by atoms with Crippen molar-refractivity contribution in [3.8, 4) is 0 Å². The number of hydrogen-bond donors (Lipinski definition) is 1. The van der Waals surface area contributed by atoms with Gasteiger partial charge in [0.25, 0.3) is 0 Å². The second-order valence-electron chi connectivity index (χ2n) is 4.07. The van der Waals surface area contributed by atoms with Crippen molar-refractivity contribution in [2.45, 2.75) is 25.3 Å². The Morgan fingerprint density at radius 3 is 2.50 bits per heavy atom. The number of benzene rings is 1. The van der Waals surface area contributed by atoms with Crippen LogP contribution < -0.4 is 5.32 Å². The summed E-state index contributed by atoms with van der Waals surface area (Å²) in [5.41, 5.74) is 0.730. The molecular formula is C12H13Cl2NO. The highest BCUT2D eigenvalue weighted by Gasteiger charge is 2.21. The van der Waals surface area contributed by atoms with Crippen LogP contribution in [0.3, 0.4) is 0 Å².